The summed E-state index contributed by atoms with van der Waals surface area (Å²) >= 11 is 0. The van der Waals surface area contributed by atoms with Crippen molar-refractivity contribution in [1.82, 2.24) is 29.9 Å². The van der Waals surface area contributed by atoms with Crippen LogP contribution in [0.25, 0.3) is 89.8 Å². The lowest BCUT2D eigenvalue weighted by Crippen LogP contribution is -2.02. The molecule has 0 saturated carbocycles. The predicted octanol–water partition coefficient (Wildman–Crippen LogP) is 10.9. The number of fused-ring (bicyclic) bond motifs is 1. The summed E-state index contributed by atoms with van der Waals surface area (Å²) in [5.41, 5.74) is 11.9. The number of hydrogen-bond donors (Lipinski definition) is 0. The topological polar surface area (TPSA) is 77.3 Å². The largest absolute Gasteiger partial charge is 0.256 e. The van der Waals surface area contributed by atoms with Gasteiger partial charge in [-0.15, -0.1) is 0 Å². The average molecular weight is 667 g/mol. The third-order valence-corrected chi connectivity index (χ3v) is 9.12. The molecule has 0 unspecified atom stereocenters. The van der Waals surface area contributed by atoms with Crippen LogP contribution in [0.2, 0.25) is 0 Å². The van der Waals surface area contributed by atoms with Crippen molar-refractivity contribution in [1.29, 1.82) is 0 Å². The molecule has 9 rings (SSSR count). The van der Waals surface area contributed by atoms with Crippen LogP contribution in [0.4, 0.5) is 0 Å². The van der Waals surface area contributed by atoms with Gasteiger partial charge in [0.25, 0.3) is 0 Å². The fraction of sp³-hybridized carbons (Fsp3) is 0. The minimum atomic E-state index is 0.479. The summed E-state index contributed by atoms with van der Waals surface area (Å²) in [6.07, 6.45) is 5.33. The van der Waals surface area contributed by atoms with Crippen LogP contribution in [0.3, 0.4) is 0 Å². The van der Waals surface area contributed by atoms with Gasteiger partial charge in [0.05, 0.1) is 5.52 Å². The zero-order valence-electron chi connectivity index (χ0n) is 28.0. The fourth-order valence-corrected chi connectivity index (χ4v) is 6.64. The Morgan fingerprint density at radius 2 is 0.827 bits per heavy atom. The van der Waals surface area contributed by atoms with E-state index in [1.165, 1.54) is 11.1 Å². The molecule has 0 atom stereocenters. The summed E-state index contributed by atoms with van der Waals surface area (Å²) < 4.78 is 0. The maximum Gasteiger partial charge on any atom is 0.182 e. The fourth-order valence-electron chi connectivity index (χ4n) is 6.64. The first kappa shape index (κ1) is 30.8. The minimum absolute atomic E-state index is 0.479. The molecule has 0 aliphatic rings. The molecule has 6 nitrogen and oxygen atoms in total. The van der Waals surface area contributed by atoms with Gasteiger partial charge in [0.15, 0.2) is 17.5 Å². The van der Waals surface area contributed by atoms with E-state index < -0.39 is 0 Å². The van der Waals surface area contributed by atoms with Crippen molar-refractivity contribution in [2.24, 2.45) is 0 Å². The molecule has 9 aromatic rings. The summed E-state index contributed by atoms with van der Waals surface area (Å²) in [5, 5.41) is 1.07. The van der Waals surface area contributed by atoms with Gasteiger partial charge in [-0.05, 0) is 81.4 Å². The Hall–Kier alpha value is -7.18. The van der Waals surface area contributed by atoms with Crippen LogP contribution in [-0.4, -0.2) is 29.9 Å². The molecule has 0 saturated heterocycles. The number of nitrogens with zero attached hydrogens (tertiary/aromatic N) is 6. The smallest absolute Gasteiger partial charge is 0.182 e. The lowest BCUT2D eigenvalue weighted by molar-refractivity contribution is 1.05. The Labute approximate surface area is 301 Å². The number of benzene rings is 5. The van der Waals surface area contributed by atoms with Gasteiger partial charge in [0.1, 0.15) is 11.4 Å². The molecule has 5 aromatic carbocycles. The summed E-state index contributed by atoms with van der Waals surface area (Å²) in [4.78, 5) is 28.7. The van der Waals surface area contributed by atoms with Crippen molar-refractivity contribution in [2.75, 3.05) is 0 Å². The number of rotatable bonds is 7. The second-order valence-electron chi connectivity index (χ2n) is 12.4. The van der Waals surface area contributed by atoms with E-state index in [-0.39, 0.29) is 0 Å². The van der Waals surface area contributed by atoms with Gasteiger partial charge >= 0.3 is 0 Å². The Morgan fingerprint density at radius 3 is 1.48 bits per heavy atom. The van der Waals surface area contributed by atoms with E-state index in [2.05, 4.69) is 131 Å². The van der Waals surface area contributed by atoms with Crippen LogP contribution >= 0.6 is 0 Å². The molecule has 0 aliphatic carbocycles. The molecule has 6 heteroatoms. The summed E-state index contributed by atoms with van der Waals surface area (Å²) in [5.74, 6) is 1.49. The molecule has 4 heterocycles. The normalized spacial score (nSPS) is 11.1. The van der Waals surface area contributed by atoms with Gasteiger partial charge in [-0.3, -0.25) is 15.0 Å². The number of para-hydroxylation sites is 1. The number of hydrogen-bond acceptors (Lipinski definition) is 6. The van der Waals surface area contributed by atoms with Gasteiger partial charge in [0, 0.05) is 35.1 Å². The second kappa shape index (κ2) is 13.6. The van der Waals surface area contributed by atoms with Crippen LogP contribution in [0.5, 0.6) is 0 Å². The van der Waals surface area contributed by atoms with Crippen LogP contribution < -0.4 is 0 Å². The Kier molecular flexibility index (Phi) is 8.08. The van der Waals surface area contributed by atoms with Crippen molar-refractivity contribution in [3.8, 4) is 78.9 Å². The van der Waals surface area contributed by atoms with Gasteiger partial charge in [-0.25, -0.2) is 15.0 Å². The molecular formula is C46H30N6. The molecule has 0 spiro atoms. The first-order valence-electron chi connectivity index (χ1n) is 17.1. The van der Waals surface area contributed by atoms with Gasteiger partial charge in [0.2, 0.25) is 0 Å². The second-order valence-corrected chi connectivity index (χ2v) is 12.4. The van der Waals surface area contributed by atoms with Crippen LogP contribution in [0.15, 0.2) is 182 Å². The quantitative estimate of drug-likeness (QED) is 0.168. The lowest BCUT2D eigenvalue weighted by Gasteiger charge is -2.17. The monoisotopic (exact) mass is 666 g/mol. The standard InChI is InChI=1S/C46H30N6/c1-3-13-31(14-4-1)36-24-22-34(29-39(36)32-15-5-2-6-16-32)37-25-23-35(30-40(37)38-19-11-17-33-18-12-28-49-43(33)38)44-50-45(41-20-7-9-26-47-41)52-46(51-44)42-21-8-10-27-48-42/h1-30H. The molecule has 0 amide bonds. The third-order valence-electron chi connectivity index (χ3n) is 9.12. The lowest BCUT2D eigenvalue weighted by atomic mass is 9.87. The van der Waals surface area contributed by atoms with E-state index in [4.69, 9.17) is 19.9 Å². The maximum absolute atomic E-state index is 4.97. The predicted molar refractivity (Wildman–Crippen MR) is 209 cm³/mol. The van der Waals surface area contributed by atoms with Crippen molar-refractivity contribution >= 4 is 10.9 Å². The minimum Gasteiger partial charge on any atom is -0.256 e. The van der Waals surface area contributed by atoms with Crippen molar-refractivity contribution in [2.45, 2.75) is 0 Å². The zero-order chi connectivity index (χ0) is 34.7. The Morgan fingerprint density at radius 1 is 0.288 bits per heavy atom. The number of aromatic nitrogens is 6. The van der Waals surface area contributed by atoms with Crippen LogP contribution in [0.1, 0.15) is 0 Å². The average Bonchev–Trinajstić information content (AvgIpc) is 3.24. The molecule has 0 fully saturated rings. The number of pyridine rings is 3. The highest BCUT2D eigenvalue weighted by Gasteiger charge is 2.19. The highest BCUT2D eigenvalue weighted by atomic mass is 15.1. The van der Waals surface area contributed by atoms with Crippen LogP contribution in [0, 0.1) is 0 Å². The first-order valence-corrected chi connectivity index (χ1v) is 17.1. The Bertz CT molecular complexity index is 2600. The van der Waals surface area contributed by atoms with Crippen molar-refractivity contribution in [3.05, 3.63) is 182 Å². The molecule has 4 aromatic heterocycles. The summed E-state index contributed by atoms with van der Waals surface area (Å²) in [7, 11) is 0. The van der Waals surface area contributed by atoms with Crippen molar-refractivity contribution in [3.63, 3.8) is 0 Å². The molecular weight excluding hydrogens is 637 g/mol. The van der Waals surface area contributed by atoms with Gasteiger partial charge < -0.3 is 0 Å². The zero-order valence-corrected chi connectivity index (χ0v) is 28.0. The SMILES string of the molecule is c1ccc(-c2ccc(-c3ccc(-c4nc(-c5ccccn5)nc(-c5ccccn5)n4)cc3-c3cccc4cccnc34)cc2-c2ccccc2)cc1. The van der Waals surface area contributed by atoms with E-state index in [9.17, 15) is 0 Å². The summed E-state index contributed by atoms with van der Waals surface area (Å²) in [6, 6.07) is 56.1. The molecule has 52 heavy (non-hydrogen) atoms. The first-order chi connectivity index (χ1) is 25.8. The third kappa shape index (κ3) is 5.99. The molecule has 0 aliphatic heterocycles. The molecule has 0 bridgehead atoms. The van der Waals surface area contributed by atoms with Crippen LogP contribution in [-0.2, 0) is 0 Å². The van der Waals surface area contributed by atoms with E-state index in [0.717, 1.165) is 49.8 Å². The van der Waals surface area contributed by atoms with E-state index in [1.807, 2.05) is 48.7 Å². The molecule has 0 N–H and O–H groups in total. The highest BCUT2D eigenvalue weighted by Crippen LogP contribution is 2.41. The van der Waals surface area contributed by atoms with Crippen molar-refractivity contribution < 1.29 is 0 Å². The van der Waals surface area contributed by atoms with Gasteiger partial charge in [-0.1, -0.05) is 121 Å². The van der Waals surface area contributed by atoms with E-state index in [1.54, 1.807) is 12.4 Å². The Balaban J connectivity index is 1.28. The molecule has 0 radical (unpaired) electrons. The van der Waals surface area contributed by atoms with E-state index in [0.29, 0.717) is 28.9 Å². The maximum atomic E-state index is 4.97. The van der Waals surface area contributed by atoms with E-state index >= 15 is 0 Å². The molecule has 244 valence electrons. The summed E-state index contributed by atoms with van der Waals surface area (Å²) in [6.45, 7) is 0. The van der Waals surface area contributed by atoms with Gasteiger partial charge in [-0.2, -0.15) is 0 Å². The highest BCUT2D eigenvalue weighted by molar-refractivity contribution is 6.00.